The van der Waals surface area contributed by atoms with Crippen molar-refractivity contribution in [3.05, 3.63) is 0 Å². The van der Waals surface area contributed by atoms with E-state index in [9.17, 15) is 4.79 Å². The van der Waals surface area contributed by atoms with Gasteiger partial charge in [-0.1, -0.05) is 0 Å². The number of carbonyl (C=O) groups is 1. The summed E-state index contributed by atoms with van der Waals surface area (Å²) >= 11 is 0. The van der Waals surface area contributed by atoms with Crippen LogP contribution in [0.5, 0.6) is 0 Å². The average molecular weight is 127 g/mol. The van der Waals surface area contributed by atoms with Gasteiger partial charge in [-0.05, 0) is 13.8 Å². The predicted molar refractivity (Wildman–Crippen MR) is 33.8 cm³/mol. The van der Waals surface area contributed by atoms with Crippen molar-refractivity contribution < 1.29 is 4.79 Å². The number of rotatable bonds is 0. The molecule has 9 heavy (non-hydrogen) atoms. The standard InChI is InChI=1S/C5H9N3O/c1-3-5(9)8-7-4(2)6-3/h3H,1-2H3,(H,6,7)(H,8,9)/t3-/m0/s1. The number of hydrogen-bond donors (Lipinski definition) is 2. The van der Waals surface area contributed by atoms with Gasteiger partial charge in [-0.3, -0.25) is 20.6 Å². The smallest absolute Gasteiger partial charge is 0.262 e. The highest BCUT2D eigenvalue weighted by molar-refractivity contribution is 5.91. The molecule has 0 bridgehead atoms. The van der Waals surface area contributed by atoms with E-state index in [0.717, 1.165) is 5.84 Å². The summed E-state index contributed by atoms with van der Waals surface area (Å²) in [4.78, 5) is 14.6. The van der Waals surface area contributed by atoms with Crippen molar-refractivity contribution in [3.63, 3.8) is 0 Å². The minimum atomic E-state index is -0.244. The zero-order valence-electron chi connectivity index (χ0n) is 5.43. The molecule has 0 unspecified atom stereocenters. The highest BCUT2D eigenvalue weighted by Crippen LogP contribution is 1.92. The molecule has 0 aromatic heterocycles. The Morgan fingerprint density at radius 3 is 2.67 bits per heavy atom. The molecule has 0 fully saturated rings. The lowest BCUT2D eigenvalue weighted by Crippen LogP contribution is -2.49. The van der Waals surface area contributed by atoms with Gasteiger partial charge in [0.2, 0.25) is 0 Å². The van der Waals surface area contributed by atoms with Crippen LogP contribution in [0.2, 0.25) is 0 Å². The summed E-state index contributed by atoms with van der Waals surface area (Å²) in [7, 11) is 0. The van der Waals surface area contributed by atoms with Crippen LogP contribution in [-0.2, 0) is 4.79 Å². The van der Waals surface area contributed by atoms with Crippen LogP contribution < -0.4 is 10.9 Å². The number of nitrogens with one attached hydrogen (secondary N) is 2. The normalized spacial score (nSPS) is 26.2. The Morgan fingerprint density at radius 1 is 1.56 bits per heavy atom. The van der Waals surface area contributed by atoms with Crippen molar-refractivity contribution in [3.8, 4) is 0 Å². The Kier molecular flexibility index (Phi) is 1.38. The summed E-state index contributed by atoms with van der Waals surface area (Å²) in [6.07, 6.45) is 0. The average Bonchev–Trinajstić information content (AvgIpc) is 1.80. The first-order chi connectivity index (χ1) is 4.20. The van der Waals surface area contributed by atoms with E-state index in [1.807, 2.05) is 0 Å². The first-order valence-corrected chi connectivity index (χ1v) is 2.80. The molecular weight excluding hydrogens is 118 g/mol. The molecule has 0 aromatic rings. The van der Waals surface area contributed by atoms with Crippen LogP contribution in [0.3, 0.4) is 0 Å². The van der Waals surface area contributed by atoms with Gasteiger partial charge >= 0.3 is 0 Å². The van der Waals surface area contributed by atoms with E-state index in [4.69, 9.17) is 0 Å². The zero-order valence-corrected chi connectivity index (χ0v) is 5.43. The predicted octanol–water partition coefficient (Wildman–Crippen LogP) is -0.572. The maximum Gasteiger partial charge on any atom is 0.262 e. The third-order valence-corrected chi connectivity index (χ3v) is 1.13. The van der Waals surface area contributed by atoms with Crippen LogP contribution in [0.1, 0.15) is 13.8 Å². The monoisotopic (exact) mass is 127 g/mol. The fraction of sp³-hybridized carbons (Fsp3) is 0.600. The lowest BCUT2D eigenvalue weighted by Gasteiger charge is -2.16. The number of amidine groups is 1. The second-order valence-electron chi connectivity index (χ2n) is 2.00. The second kappa shape index (κ2) is 2.05. The summed E-state index contributed by atoms with van der Waals surface area (Å²) < 4.78 is 0. The van der Waals surface area contributed by atoms with E-state index >= 15 is 0 Å². The molecule has 2 N–H and O–H groups in total. The van der Waals surface area contributed by atoms with Gasteiger partial charge < -0.3 is 0 Å². The Bertz CT molecular complexity index is 164. The highest BCUT2D eigenvalue weighted by Gasteiger charge is 2.14. The summed E-state index contributed by atoms with van der Waals surface area (Å²) in [6.45, 7) is 3.55. The molecule has 4 nitrogen and oxygen atoms in total. The Morgan fingerprint density at radius 2 is 2.22 bits per heavy atom. The van der Waals surface area contributed by atoms with E-state index in [1.54, 1.807) is 13.8 Å². The fourth-order valence-electron chi connectivity index (χ4n) is 0.638. The third kappa shape index (κ3) is 1.19. The van der Waals surface area contributed by atoms with E-state index < -0.39 is 0 Å². The molecule has 1 amide bonds. The number of aliphatic imine (C=N–C) groups is 1. The summed E-state index contributed by atoms with van der Waals surface area (Å²) in [5, 5.41) is 0. The van der Waals surface area contributed by atoms with Crippen LogP contribution in [0.15, 0.2) is 4.99 Å². The van der Waals surface area contributed by atoms with Gasteiger partial charge in [-0.25, -0.2) is 0 Å². The molecule has 4 heteroatoms. The quantitative estimate of drug-likeness (QED) is 0.457. The zero-order chi connectivity index (χ0) is 6.85. The molecule has 0 spiro atoms. The maximum absolute atomic E-state index is 10.7. The fourth-order valence-corrected chi connectivity index (χ4v) is 0.638. The van der Waals surface area contributed by atoms with Crippen LogP contribution in [0, 0.1) is 0 Å². The van der Waals surface area contributed by atoms with E-state index in [-0.39, 0.29) is 11.9 Å². The lowest BCUT2D eigenvalue weighted by atomic mass is 10.3. The van der Waals surface area contributed by atoms with Crippen molar-refractivity contribution in [2.24, 2.45) is 4.99 Å². The number of carbonyl (C=O) groups excluding carboxylic acids is 1. The molecule has 0 aliphatic carbocycles. The van der Waals surface area contributed by atoms with Crippen LogP contribution in [0.25, 0.3) is 0 Å². The number of hydrazine groups is 1. The summed E-state index contributed by atoms with van der Waals surface area (Å²) in [6, 6.07) is -0.244. The van der Waals surface area contributed by atoms with Gasteiger partial charge in [-0.15, -0.1) is 0 Å². The molecule has 1 aliphatic rings. The lowest BCUT2D eigenvalue weighted by molar-refractivity contribution is -0.122. The molecule has 0 saturated heterocycles. The third-order valence-electron chi connectivity index (χ3n) is 1.13. The highest BCUT2D eigenvalue weighted by atomic mass is 16.2. The Hall–Kier alpha value is -1.06. The molecule has 0 saturated carbocycles. The van der Waals surface area contributed by atoms with Crippen molar-refractivity contribution in [2.75, 3.05) is 0 Å². The molecule has 0 aromatic carbocycles. The Labute approximate surface area is 53.3 Å². The minimum Gasteiger partial charge on any atom is -0.286 e. The van der Waals surface area contributed by atoms with Crippen molar-refractivity contribution in [1.82, 2.24) is 10.9 Å². The van der Waals surface area contributed by atoms with Gasteiger partial charge in [0.25, 0.3) is 5.91 Å². The molecule has 0 radical (unpaired) electrons. The van der Waals surface area contributed by atoms with Crippen molar-refractivity contribution in [2.45, 2.75) is 19.9 Å². The van der Waals surface area contributed by atoms with Crippen molar-refractivity contribution in [1.29, 1.82) is 0 Å². The minimum absolute atomic E-state index is 0.0828. The first-order valence-electron chi connectivity index (χ1n) is 2.80. The topological polar surface area (TPSA) is 53.5 Å². The summed E-state index contributed by atoms with van der Waals surface area (Å²) in [5.74, 6) is 0.669. The van der Waals surface area contributed by atoms with Crippen molar-refractivity contribution >= 4 is 11.7 Å². The van der Waals surface area contributed by atoms with Gasteiger partial charge in [-0.2, -0.15) is 0 Å². The van der Waals surface area contributed by atoms with Gasteiger partial charge in [0.1, 0.15) is 11.9 Å². The number of hydrogen-bond acceptors (Lipinski definition) is 3. The summed E-state index contributed by atoms with van der Waals surface area (Å²) in [5.41, 5.74) is 5.07. The van der Waals surface area contributed by atoms with Crippen LogP contribution in [-0.4, -0.2) is 17.8 Å². The first kappa shape index (κ1) is 6.07. The van der Waals surface area contributed by atoms with Gasteiger partial charge in [0, 0.05) is 0 Å². The number of nitrogens with zero attached hydrogens (tertiary/aromatic N) is 1. The maximum atomic E-state index is 10.7. The molecule has 1 rings (SSSR count). The SMILES string of the molecule is CC1=N[C@@H](C)C(=O)NN1. The number of amides is 1. The molecule has 1 heterocycles. The van der Waals surface area contributed by atoms with E-state index in [1.165, 1.54) is 0 Å². The van der Waals surface area contributed by atoms with Gasteiger partial charge in [0.15, 0.2) is 0 Å². The van der Waals surface area contributed by atoms with E-state index in [2.05, 4.69) is 15.8 Å². The van der Waals surface area contributed by atoms with Crippen LogP contribution >= 0.6 is 0 Å². The Balaban J connectivity index is 2.69. The molecule has 50 valence electrons. The second-order valence-corrected chi connectivity index (χ2v) is 2.00. The van der Waals surface area contributed by atoms with Gasteiger partial charge in [0.05, 0.1) is 0 Å². The van der Waals surface area contributed by atoms with Crippen LogP contribution in [0.4, 0.5) is 0 Å². The molecule has 1 aliphatic heterocycles. The molecular formula is C5H9N3O. The largest absolute Gasteiger partial charge is 0.286 e. The van der Waals surface area contributed by atoms with E-state index in [0.29, 0.717) is 0 Å². The molecule has 1 atom stereocenters.